The molecule has 0 aliphatic rings. The van der Waals surface area contributed by atoms with E-state index < -0.39 is 0 Å². The first-order valence-electron chi connectivity index (χ1n) is 4.45. The maximum Gasteiger partial charge on any atom is 0.0900 e. The molecule has 0 spiro atoms. The Bertz CT molecular complexity index is 347. The van der Waals surface area contributed by atoms with Gasteiger partial charge < -0.3 is 5.73 Å². The fourth-order valence-electron chi connectivity index (χ4n) is 1.27. The highest BCUT2D eigenvalue weighted by molar-refractivity contribution is 5.20. The molecule has 2 N–H and O–H groups in total. The van der Waals surface area contributed by atoms with Gasteiger partial charge in [0.15, 0.2) is 0 Å². The summed E-state index contributed by atoms with van der Waals surface area (Å²) in [4.78, 5) is 8.38. The first kappa shape index (κ1) is 11.3. The van der Waals surface area contributed by atoms with Crippen LogP contribution in [-0.4, -0.2) is 9.97 Å². The summed E-state index contributed by atoms with van der Waals surface area (Å²) in [5, 5.41) is 0. The van der Waals surface area contributed by atoms with Crippen molar-refractivity contribution in [3.63, 3.8) is 0 Å². The van der Waals surface area contributed by atoms with Crippen LogP contribution in [0.15, 0.2) is 48.8 Å². The largest absolute Gasteiger partial charge is 0.318 e. The van der Waals surface area contributed by atoms with Gasteiger partial charge in [-0.25, -0.2) is 0 Å². The third-order valence-electron chi connectivity index (χ3n) is 2.01. The van der Waals surface area contributed by atoms with Crippen molar-refractivity contribution in [2.24, 2.45) is 5.73 Å². The summed E-state index contributed by atoms with van der Waals surface area (Å²) < 4.78 is 0. The standard InChI is InChI=1S/C11H11N3.CH4/c12-11(9-5-1-3-7-13-9)10-6-2-4-8-14-10;/h1-8,11H,12H2;1H4. The second kappa shape index (κ2) is 5.22. The molecule has 15 heavy (non-hydrogen) atoms. The van der Waals surface area contributed by atoms with Gasteiger partial charge in [0.1, 0.15) is 0 Å². The van der Waals surface area contributed by atoms with E-state index in [1.807, 2.05) is 36.4 Å². The average molecular weight is 201 g/mol. The van der Waals surface area contributed by atoms with Gasteiger partial charge in [-0.15, -0.1) is 0 Å². The molecule has 0 unspecified atom stereocenters. The normalized spacial score (nSPS) is 9.73. The zero-order valence-electron chi connectivity index (χ0n) is 7.67. The van der Waals surface area contributed by atoms with Crippen LogP contribution in [0.25, 0.3) is 0 Å². The van der Waals surface area contributed by atoms with Crippen LogP contribution >= 0.6 is 0 Å². The molecular weight excluding hydrogens is 186 g/mol. The van der Waals surface area contributed by atoms with E-state index in [2.05, 4.69) is 9.97 Å². The first-order chi connectivity index (χ1) is 6.88. The molecule has 2 aromatic rings. The summed E-state index contributed by atoms with van der Waals surface area (Å²) >= 11 is 0. The van der Waals surface area contributed by atoms with Crippen molar-refractivity contribution in [1.82, 2.24) is 9.97 Å². The van der Waals surface area contributed by atoms with Crippen molar-refractivity contribution in [2.75, 3.05) is 0 Å². The van der Waals surface area contributed by atoms with Gasteiger partial charge in [0.25, 0.3) is 0 Å². The number of aromatic nitrogens is 2. The number of pyridine rings is 2. The molecule has 2 aromatic heterocycles. The van der Waals surface area contributed by atoms with Gasteiger partial charge in [0.05, 0.1) is 17.4 Å². The van der Waals surface area contributed by atoms with Gasteiger partial charge >= 0.3 is 0 Å². The van der Waals surface area contributed by atoms with Crippen LogP contribution in [0.1, 0.15) is 24.9 Å². The fourth-order valence-corrected chi connectivity index (χ4v) is 1.27. The summed E-state index contributed by atoms with van der Waals surface area (Å²) in [5.74, 6) is 0. The highest BCUT2D eigenvalue weighted by Crippen LogP contribution is 2.13. The molecule has 3 nitrogen and oxygen atoms in total. The molecule has 0 aliphatic carbocycles. The SMILES string of the molecule is C.NC(c1ccccn1)c1ccccn1. The highest BCUT2D eigenvalue weighted by Gasteiger charge is 2.09. The zero-order chi connectivity index (χ0) is 9.80. The molecule has 78 valence electrons. The first-order valence-corrected chi connectivity index (χ1v) is 4.45. The minimum atomic E-state index is -0.239. The highest BCUT2D eigenvalue weighted by atomic mass is 14.8. The summed E-state index contributed by atoms with van der Waals surface area (Å²) in [6, 6.07) is 11.1. The van der Waals surface area contributed by atoms with Gasteiger partial charge in [0, 0.05) is 12.4 Å². The zero-order valence-corrected chi connectivity index (χ0v) is 7.67. The monoisotopic (exact) mass is 201 g/mol. The summed E-state index contributed by atoms with van der Waals surface area (Å²) in [7, 11) is 0. The molecule has 3 heteroatoms. The van der Waals surface area contributed by atoms with E-state index in [4.69, 9.17) is 5.73 Å². The fraction of sp³-hybridized carbons (Fsp3) is 0.167. The average Bonchev–Trinajstić information content (AvgIpc) is 2.30. The van der Waals surface area contributed by atoms with Gasteiger partial charge in [-0.05, 0) is 24.3 Å². The number of nitrogens with zero attached hydrogens (tertiary/aromatic N) is 2. The Morgan fingerprint density at radius 3 is 1.67 bits per heavy atom. The van der Waals surface area contributed by atoms with Crippen LogP contribution < -0.4 is 5.73 Å². The topological polar surface area (TPSA) is 51.8 Å². The van der Waals surface area contributed by atoms with Crippen LogP contribution in [0.2, 0.25) is 0 Å². The van der Waals surface area contributed by atoms with Crippen molar-refractivity contribution < 1.29 is 0 Å². The van der Waals surface area contributed by atoms with E-state index in [0.29, 0.717) is 0 Å². The molecular formula is C12H15N3. The minimum Gasteiger partial charge on any atom is -0.318 e. The predicted octanol–water partition coefficient (Wildman–Crippen LogP) is 2.16. The summed E-state index contributed by atoms with van der Waals surface area (Å²) in [5.41, 5.74) is 7.67. The number of nitrogens with two attached hydrogens (primary N) is 1. The Morgan fingerprint density at radius 1 is 0.867 bits per heavy atom. The van der Waals surface area contributed by atoms with Crippen molar-refractivity contribution in [3.8, 4) is 0 Å². The van der Waals surface area contributed by atoms with Gasteiger partial charge in [-0.1, -0.05) is 19.6 Å². The predicted molar refractivity (Wildman–Crippen MR) is 61.2 cm³/mol. The Kier molecular flexibility index (Phi) is 3.94. The molecule has 0 saturated carbocycles. The summed E-state index contributed by atoms with van der Waals surface area (Å²) in [6.07, 6.45) is 3.47. The van der Waals surface area contributed by atoms with E-state index in [-0.39, 0.29) is 13.5 Å². The molecule has 0 saturated heterocycles. The molecule has 0 fully saturated rings. The second-order valence-corrected chi connectivity index (χ2v) is 2.99. The Morgan fingerprint density at radius 2 is 1.33 bits per heavy atom. The van der Waals surface area contributed by atoms with Crippen molar-refractivity contribution in [2.45, 2.75) is 13.5 Å². The third kappa shape index (κ3) is 2.60. The lowest BCUT2D eigenvalue weighted by molar-refractivity contribution is 0.794. The number of rotatable bonds is 2. The molecule has 0 amide bonds. The quantitative estimate of drug-likeness (QED) is 0.810. The van der Waals surface area contributed by atoms with Crippen LogP contribution in [0, 0.1) is 0 Å². The lowest BCUT2D eigenvalue weighted by Gasteiger charge is -2.09. The molecule has 0 aliphatic heterocycles. The molecule has 0 radical (unpaired) electrons. The van der Waals surface area contributed by atoms with Crippen LogP contribution in [-0.2, 0) is 0 Å². The van der Waals surface area contributed by atoms with E-state index in [0.717, 1.165) is 11.4 Å². The van der Waals surface area contributed by atoms with E-state index in [9.17, 15) is 0 Å². The van der Waals surface area contributed by atoms with E-state index in [1.54, 1.807) is 12.4 Å². The second-order valence-electron chi connectivity index (χ2n) is 2.99. The molecule has 0 aromatic carbocycles. The minimum absolute atomic E-state index is 0. The molecule has 0 bridgehead atoms. The van der Waals surface area contributed by atoms with Gasteiger partial charge in [-0.2, -0.15) is 0 Å². The van der Waals surface area contributed by atoms with Gasteiger partial charge in [-0.3, -0.25) is 9.97 Å². The van der Waals surface area contributed by atoms with Gasteiger partial charge in [0.2, 0.25) is 0 Å². The smallest absolute Gasteiger partial charge is 0.0900 e. The van der Waals surface area contributed by atoms with E-state index >= 15 is 0 Å². The van der Waals surface area contributed by atoms with Crippen LogP contribution in [0.5, 0.6) is 0 Å². The summed E-state index contributed by atoms with van der Waals surface area (Å²) in [6.45, 7) is 0. The third-order valence-corrected chi connectivity index (χ3v) is 2.01. The maximum atomic E-state index is 5.99. The van der Waals surface area contributed by atoms with Crippen LogP contribution in [0.3, 0.4) is 0 Å². The number of hydrogen-bond acceptors (Lipinski definition) is 3. The van der Waals surface area contributed by atoms with Crippen molar-refractivity contribution in [3.05, 3.63) is 60.2 Å². The Balaban J connectivity index is 0.00000112. The van der Waals surface area contributed by atoms with Crippen molar-refractivity contribution >= 4 is 0 Å². The molecule has 2 rings (SSSR count). The number of hydrogen-bond donors (Lipinski definition) is 1. The Labute approximate surface area is 90.0 Å². The van der Waals surface area contributed by atoms with Crippen LogP contribution in [0.4, 0.5) is 0 Å². The lowest BCUT2D eigenvalue weighted by Crippen LogP contribution is -2.14. The maximum absolute atomic E-state index is 5.99. The van der Waals surface area contributed by atoms with E-state index in [1.165, 1.54) is 0 Å². The Hall–Kier alpha value is -1.74. The van der Waals surface area contributed by atoms with Crippen molar-refractivity contribution in [1.29, 1.82) is 0 Å². The molecule has 0 atom stereocenters. The molecule has 2 heterocycles. The lowest BCUT2D eigenvalue weighted by atomic mass is 10.1.